The summed E-state index contributed by atoms with van der Waals surface area (Å²) in [5, 5.41) is 4.48. The molecule has 0 spiro atoms. The Morgan fingerprint density at radius 3 is 2.31 bits per heavy atom. The Hall–Kier alpha value is -3.04. The van der Waals surface area contributed by atoms with Crippen molar-refractivity contribution < 1.29 is 37.4 Å². The van der Waals surface area contributed by atoms with Crippen molar-refractivity contribution in [1.82, 2.24) is 10.6 Å². The predicted molar refractivity (Wildman–Crippen MR) is 96.1 cm³/mol. The van der Waals surface area contributed by atoms with E-state index in [-0.39, 0.29) is 29.7 Å². The number of benzene rings is 1. The van der Waals surface area contributed by atoms with Crippen LogP contribution in [0.1, 0.15) is 42.5 Å². The largest absolute Gasteiger partial charge is 0.454 e. The second-order valence-corrected chi connectivity index (χ2v) is 6.49. The zero-order valence-corrected chi connectivity index (χ0v) is 15.6. The molecular weight excluding hydrogens is 390 g/mol. The third-order valence-electron chi connectivity index (χ3n) is 4.34. The van der Waals surface area contributed by atoms with Crippen LogP contribution in [-0.4, -0.2) is 43.5 Å². The van der Waals surface area contributed by atoms with Gasteiger partial charge in [0.2, 0.25) is 5.91 Å². The van der Waals surface area contributed by atoms with Gasteiger partial charge in [0.15, 0.2) is 6.61 Å². The molecule has 2 rings (SSSR count). The zero-order chi connectivity index (χ0) is 21.2. The SMILES string of the molecule is O=C(COC(=O)CNC(=O)C1CCCCC1)NC(=O)c1ccc(OC(F)F)cc1. The molecule has 10 heteroatoms. The summed E-state index contributed by atoms with van der Waals surface area (Å²) in [6, 6.07) is 4.71. The second kappa shape index (κ2) is 11.1. The summed E-state index contributed by atoms with van der Waals surface area (Å²) in [6.45, 7) is -4.04. The molecule has 2 N–H and O–H groups in total. The van der Waals surface area contributed by atoms with Crippen LogP contribution >= 0.6 is 0 Å². The fraction of sp³-hybridized carbons (Fsp3) is 0.474. The van der Waals surface area contributed by atoms with Gasteiger partial charge in [0.05, 0.1) is 0 Å². The third-order valence-corrected chi connectivity index (χ3v) is 4.34. The molecule has 0 saturated heterocycles. The highest BCUT2D eigenvalue weighted by molar-refractivity contribution is 6.05. The highest BCUT2D eigenvalue weighted by atomic mass is 19.3. The van der Waals surface area contributed by atoms with E-state index in [2.05, 4.69) is 10.1 Å². The Kier molecular flexibility index (Phi) is 8.50. The number of esters is 1. The van der Waals surface area contributed by atoms with Gasteiger partial charge in [-0.3, -0.25) is 24.5 Å². The molecule has 1 aromatic carbocycles. The summed E-state index contributed by atoms with van der Waals surface area (Å²) in [5.41, 5.74) is 0.0334. The van der Waals surface area contributed by atoms with E-state index in [1.165, 1.54) is 12.1 Å². The monoisotopic (exact) mass is 412 g/mol. The first-order valence-electron chi connectivity index (χ1n) is 9.17. The number of amides is 3. The number of hydrogen-bond acceptors (Lipinski definition) is 6. The van der Waals surface area contributed by atoms with E-state index in [0.717, 1.165) is 44.2 Å². The van der Waals surface area contributed by atoms with Gasteiger partial charge < -0.3 is 14.8 Å². The molecule has 0 radical (unpaired) electrons. The van der Waals surface area contributed by atoms with Crippen molar-refractivity contribution in [2.24, 2.45) is 5.92 Å². The summed E-state index contributed by atoms with van der Waals surface area (Å²) in [7, 11) is 0. The highest BCUT2D eigenvalue weighted by Gasteiger charge is 2.21. The molecule has 3 amide bonds. The van der Waals surface area contributed by atoms with Crippen LogP contribution in [0, 0.1) is 5.92 Å². The molecule has 0 bridgehead atoms. The smallest absolute Gasteiger partial charge is 0.387 e. The first-order chi connectivity index (χ1) is 13.8. The molecule has 1 aliphatic carbocycles. The van der Waals surface area contributed by atoms with Gasteiger partial charge in [-0.15, -0.1) is 0 Å². The van der Waals surface area contributed by atoms with Crippen molar-refractivity contribution in [1.29, 1.82) is 0 Å². The van der Waals surface area contributed by atoms with Crippen LogP contribution in [-0.2, 0) is 19.1 Å². The van der Waals surface area contributed by atoms with Crippen molar-refractivity contribution in [3.05, 3.63) is 29.8 Å². The number of hydrogen-bond donors (Lipinski definition) is 2. The van der Waals surface area contributed by atoms with Crippen molar-refractivity contribution in [2.75, 3.05) is 13.2 Å². The van der Waals surface area contributed by atoms with Gasteiger partial charge in [0.1, 0.15) is 12.3 Å². The fourth-order valence-corrected chi connectivity index (χ4v) is 2.89. The topological polar surface area (TPSA) is 111 Å². The molecule has 29 heavy (non-hydrogen) atoms. The fourth-order valence-electron chi connectivity index (χ4n) is 2.89. The number of carbonyl (C=O) groups excluding carboxylic acids is 4. The molecule has 1 aliphatic rings. The van der Waals surface area contributed by atoms with E-state index in [1.54, 1.807) is 0 Å². The van der Waals surface area contributed by atoms with Crippen molar-refractivity contribution in [3.63, 3.8) is 0 Å². The predicted octanol–water partition coefficient (Wildman–Crippen LogP) is 1.78. The van der Waals surface area contributed by atoms with E-state index in [0.29, 0.717) is 0 Å². The van der Waals surface area contributed by atoms with Crippen LogP contribution in [0.4, 0.5) is 8.78 Å². The zero-order valence-electron chi connectivity index (χ0n) is 15.6. The van der Waals surface area contributed by atoms with Crippen LogP contribution in [0.5, 0.6) is 5.75 Å². The minimum absolute atomic E-state index is 0.0334. The van der Waals surface area contributed by atoms with Crippen molar-refractivity contribution in [2.45, 2.75) is 38.7 Å². The maximum atomic E-state index is 12.1. The number of rotatable bonds is 8. The van der Waals surface area contributed by atoms with Crippen molar-refractivity contribution >= 4 is 23.7 Å². The summed E-state index contributed by atoms with van der Waals surface area (Å²) < 4.78 is 33.0. The third kappa shape index (κ3) is 7.84. The van der Waals surface area contributed by atoms with Gasteiger partial charge in [-0.05, 0) is 37.1 Å². The summed E-state index contributed by atoms with van der Waals surface area (Å²) in [6.07, 6.45) is 4.66. The van der Waals surface area contributed by atoms with Crippen LogP contribution in [0.25, 0.3) is 0 Å². The van der Waals surface area contributed by atoms with Crippen molar-refractivity contribution in [3.8, 4) is 5.75 Å². The lowest BCUT2D eigenvalue weighted by atomic mass is 9.89. The van der Waals surface area contributed by atoms with Gasteiger partial charge >= 0.3 is 12.6 Å². The lowest BCUT2D eigenvalue weighted by molar-refractivity contribution is -0.148. The summed E-state index contributed by atoms with van der Waals surface area (Å²) >= 11 is 0. The summed E-state index contributed by atoms with van der Waals surface area (Å²) in [4.78, 5) is 47.2. The lowest BCUT2D eigenvalue weighted by Gasteiger charge is -2.20. The van der Waals surface area contributed by atoms with E-state index < -0.39 is 31.0 Å². The second-order valence-electron chi connectivity index (χ2n) is 6.49. The maximum Gasteiger partial charge on any atom is 0.387 e. The molecule has 1 fully saturated rings. The molecule has 1 saturated carbocycles. The van der Waals surface area contributed by atoms with Crippen LogP contribution in [0.15, 0.2) is 24.3 Å². The summed E-state index contributed by atoms with van der Waals surface area (Å²) in [5.74, 6) is -2.90. The minimum Gasteiger partial charge on any atom is -0.454 e. The van der Waals surface area contributed by atoms with Gasteiger partial charge in [0.25, 0.3) is 11.8 Å². The quantitative estimate of drug-likeness (QED) is 0.630. The number of halogens is 2. The normalized spacial score (nSPS) is 14.2. The Labute approximate surface area is 165 Å². The molecule has 0 heterocycles. The average molecular weight is 412 g/mol. The maximum absolute atomic E-state index is 12.1. The molecule has 0 aliphatic heterocycles. The van der Waals surface area contributed by atoms with Gasteiger partial charge in [-0.1, -0.05) is 19.3 Å². The molecule has 1 aromatic rings. The number of imide groups is 1. The molecule has 8 nitrogen and oxygen atoms in total. The van der Waals surface area contributed by atoms with E-state index in [9.17, 15) is 28.0 Å². The Morgan fingerprint density at radius 2 is 1.69 bits per heavy atom. The molecular formula is C19H22F2N2O6. The molecule has 0 atom stereocenters. The Morgan fingerprint density at radius 1 is 1.03 bits per heavy atom. The van der Waals surface area contributed by atoms with E-state index in [1.807, 2.05) is 5.32 Å². The minimum atomic E-state index is -2.99. The number of alkyl halides is 2. The van der Waals surface area contributed by atoms with Gasteiger partial charge in [-0.25, -0.2) is 0 Å². The van der Waals surface area contributed by atoms with Gasteiger partial charge in [-0.2, -0.15) is 8.78 Å². The number of ether oxygens (including phenoxy) is 2. The molecule has 0 aromatic heterocycles. The lowest BCUT2D eigenvalue weighted by Crippen LogP contribution is -2.38. The first-order valence-corrected chi connectivity index (χ1v) is 9.17. The average Bonchev–Trinajstić information content (AvgIpc) is 2.71. The first kappa shape index (κ1) is 22.3. The van der Waals surface area contributed by atoms with Crippen LogP contribution in [0.2, 0.25) is 0 Å². The Balaban J connectivity index is 1.68. The number of nitrogens with one attached hydrogen (secondary N) is 2. The highest BCUT2D eigenvalue weighted by Crippen LogP contribution is 2.23. The Bertz CT molecular complexity index is 733. The molecule has 0 unspecified atom stereocenters. The standard InChI is InChI=1S/C19H22F2N2O6/c20-19(21)29-14-8-6-13(7-9-14)18(27)23-15(24)11-28-16(25)10-22-17(26)12-4-2-1-3-5-12/h6-9,12,19H,1-5,10-11H2,(H,22,26)(H,23,24,27). The van der Waals surface area contributed by atoms with E-state index in [4.69, 9.17) is 4.74 Å². The molecule has 158 valence electrons. The number of carbonyl (C=O) groups is 4. The van der Waals surface area contributed by atoms with E-state index >= 15 is 0 Å². The van der Waals surface area contributed by atoms with Crippen LogP contribution < -0.4 is 15.4 Å². The van der Waals surface area contributed by atoms with Crippen LogP contribution in [0.3, 0.4) is 0 Å². The van der Waals surface area contributed by atoms with Gasteiger partial charge in [0, 0.05) is 11.5 Å².